The van der Waals surface area contributed by atoms with E-state index in [-0.39, 0.29) is 23.8 Å². The SMILES string of the molecule is CSCC[C@H](NC(=O)[C@@H]1[C@@H]2[C@H](CN1C(=O)[C@@H](NC(=O)C(F)(F)F)C(C)C)C2(C)C)C(=O)S. The molecule has 2 aliphatic rings. The Morgan fingerprint density at radius 1 is 1.19 bits per heavy atom. The number of piperidine rings is 1. The molecule has 2 fully saturated rings. The van der Waals surface area contributed by atoms with Crippen LogP contribution in [0.5, 0.6) is 0 Å². The fraction of sp³-hybridized carbons (Fsp3) is 0.800. The third kappa shape index (κ3) is 5.55. The van der Waals surface area contributed by atoms with E-state index >= 15 is 0 Å². The molecule has 2 N–H and O–H groups in total. The molecule has 0 spiro atoms. The molecule has 0 bridgehead atoms. The number of hydrogen-bond acceptors (Lipinski definition) is 5. The van der Waals surface area contributed by atoms with Gasteiger partial charge in [-0.25, -0.2) is 0 Å². The van der Waals surface area contributed by atoms with Crippen LogP contribution < -0.4 is 10.6 Å². The van der Waals surface area contributed by atoms with Gasteiger partial charge < -0.3 is 15.5 Å². The fourth-order valence-corrected chi connectivity index (χ4v) is 5.14. The Balaban J connectivity index is 2.25. The number of carbonyl (C=O) groups is 4. The lowest BCUT2D eigenvalue weighted by Crippen LogP contribution is -2.59. The Bertz CT molecular complexity index is 776. The molecular formula is C20H30F3N3O4S2. The van der Waals surface area contributed by atoms with Gasteiger partial charge in [-0.05, 0) is 41.6 Å². The van der Waals surface area contributed by atoms with E-state index in [0.29, 0.717) is 12.2 Å². The fourth-order valence-electron chi connectivity index (χ4n) is 4.48. The minimum Gasteiger partial charge on any atom is -0.344 e. The van der Waals surface area contributed by atoms with Crippen molar-refractivity contribution in [2.75, 3.05) is 18.6 Å². The first-order valence-electron chi connectivity index (χ1n) is 10.3. The zero-order chi connectivity index (χ0) is 24.6. The van der Waals surface area contributed by atoms with E-state index in [0.717, 1.165) is 0 Å². The summed E-state index contributed by atoms with van der Waals surface area (Å²) in [4.78, 5) is 51.0. The second kappa shape index (κ2) is 9.82. The number of nitrogens with one attached hydrogen (secondary N) is 2. The smallest absolute Gasteiger partial charge is 0.344 e. The molecule has 1 aliphatic carbocycles. The van der Waals surface area contributed by atoms with E-state index in [1.165, 1.54) is 30.5 Å². The minimum atomic E-state index is -5.13. The van der Waals surface area contributed by atoms with Crippen LogP contribution in [-0.2, 0) is 19.2 Å². The van der Waals surface area contributed by atoms with Crippen molar-refractivity contribution in [3.8, 4) is 0 Å². The molecule has 2 rings (SSSR count). The average molecular weight is 498 g/mol. The molecule has 32 heavy (non-hydrogen) atoms. The molecular weight excluding hydrogens is 467 g/mol. The van der Waals surface area contributed by atoms with Crippen molar-refractivity contribution < 1.29 is 32.3 Å². The van der Waals surface area contributed by atoms with Crippen molar-refractivity contribution in [3.05, 3.63) is 0 Å². The van der Waals surface area contributed by atoms with Gasteiger partial charge in [-0.3, -0.25) is 19.2 Å². The molecule has 3 amide bonds. The van der Waals surface area contributed by atoms with Gasteiger partial charge in [0, 0.05) is 6.54 Å². The van der Waals surface area contributed by atoms with Gasteiger partial charge in [0.25, 0.3) is 0 Å². The van der Waals surface area contributed by atoms with Gasteiger partial charge in [0.1, 0.15) is 12.1 Å². The molecule has 0 aromatic carbocycles. The van der Waals surface area contributed by atoms with Gasteiger partial charge in [0.05, 0.1) is 6.04 Å². The molecule has 7 nitrogen and oxygen atoms in total. The summed E-state index contributed by atoms with van der Waals surface area (Å²) >= 11 is 5.34. The van der Waals surface area contributed by atoms with Crippen LogP contribution in [0, 0.1) is 23.2 Å². The summed E-state index contributed by atoms with van der Waals surface area (Å²) in [5.41, 5.74) is -0.221. The van der Waals surface area contributed by atoms with Crippen molar-refractivity contribution in [1.82, 2.24) is 15.5 Å². The van der Waals surface area contributed by atoms with Crippen LogP contribution in [0.25, 0.3) is 0 Å². The van der Waals surface area contributed by atoms with Crippen LogP contribution in [0.3, 0.4) is 0 Å². The van der Waals surface area contributed by atoms with Gasteiger partial charge in [0.15, 0.2) is 0 Å². The molecule has 5 atom stereocenters. The van der Waals surface area contributed by atoms with Crippen LogP contribution in [-0.4, -0.2) is 70.6 Å². The van der Waals surface area contributed by atoms with Crippen molar-refractivity contribution in [1.29, 1.82) is 0 Å². The summed E-state index contributed by atoms with van der Waals surface area (Å²) in [6.07, 6.45) is -2.90. The van der Waals surface area contributed by atoms with Crippen LogP contribution in [0.15, 0.2) is 0 Å². The summed E-state index contributed by atoms with van der Waals surface area (Å²) < 4.78 is 38.3. The second-order valence-corrected chi connectivity index (χ2v) is 10.7. The Labute approximate surface area is 195 Å². The van der Waals surface area contributed by atoms with E-state index in [1.54, 1.807) is 5.32 Å². The Morgan fingerprint density at radius 3 is 2.25 bits per heavy atom. The van der Waals surface area contributed by atoms with Crippen LogP contribution >= 0.6 is 24.4 Å². The lowest BCUT2D eigenvalue weighted by atomic mass is 9.97. The molecule has 182 valence electrons. The van der Waals surface area contributed by atoms with Gasteiger partial charge in [-0.1, -0.05) is 27.7 Å². The number of hydrogen-bond donors (Lipinski definition) is 3. The molecule has 1 saturated carbocycles. The lowest BCUT2D eigenvalue weighted by Gasteiger charge is -2.34. The van der Waals surface area contributed by atoms with Crippen LogP contribution in [0.4, 0.5) is 13.2 Å². The maximum absolute atomic E-state index is 13.2. The Morgan fingerprint density at radius 2 is 1.78 bits per heavy atom. The predicted molar refractivity (Wildman–Crippen MR) is 118 cm³/mol. The second-order valence-electron chi connectivity index (χ2n) is 9.26. The first-order valence-corrected chi connectivity index (χ1v) is 12.2. The number of nitrogens with zero attached hydrogens (tertiary/aromatic N) is 1. The molecule has 1 saturated heterocycles. The van der Waals surface area contributed by atoms with Crippen molar-refractivity contribution >= 4 is 47.2 Å². The van der Waals surface area contributed by atoms with Gasteiger partial charge in [0.2, 0.25) is 16.9 Å². The normalized spacial score (nSPS) is 25.7. The van der Waals surface area contributed by atoms with Crippen molar-refractivity contribution in [3.63, 3.8) is 0 Å². The summed E-state index contributed by atoms with van der Waals surface area (Å²) in [6.45, 7) is 7.17. The van der Waals surface area contributed by atoms with Crippen molar-refractivity contribution in [2.24, 2.45) is 23.2 Å². The number of amides is 3. The quantitative estimate of drug-likeness (QED) is 0.423. The number of fused-ring (bicyclic) bond motifs is 1. The van der Waals surface area contributed by atoms with Gasteiger partial charge >= 0.3 is 12.1 Å². The van der Waals surface area contributed by atoms with E-state index in [2.05, 4.69) is 17.9 Å². The third-order valence-electron chi connectivity index (χ3n) is 6.46. The van der Waals surface area contributed by atoms with Crippen LogP contribution in [0.2, 0.25) is 0 Å². The zero-order valence-electron chi connectivity index (χ0n) is 18.7. The maximum Gasteiger partial charge on any atom is 0.471 e. The first kappa shape index (κ1) is 26.8. The highest BCUT2D eigenvalue weighted by Crippen LogP contribution is 2.65. The number of likely N-dealkylation sites (tertiary alicyclic amines) is 1. The van der Waals surface area contributed by atoms with Gasteiger partial charge in [-0.2, -0.15) is 24.9 Å². The predicted octanol–water partition coefficient (Wildman–Crippen LogP) is 1.87. The van der Waals surface area contributed by atoms with E-state index < -0.39 is 53.1 Å². The highest BCUT2D eigenvalue weighted by Gasteiger charge is 2.69. The number of carbonyl (C=O) groups excluding carboxylic acids is 4. The van der Waals surface area contributed by atoms with E-state index in [1.807, 2.05) is 20.1 Å². The molecule has 1 aliphatic heterocycles. The molecule has 0 radical (unpaired) electrons. The van der Waals surface area contributed by atoms with Gasteiger partial charge in [-0.15, -0.1) is 12.6 Å². The lowest BCUT2D eigenvalue weighted by molar-refractivity contribution is -0.175. The minimum absolute atomic E-state index is 0.00433. The molecule has 0 unspecified atom stereocenters. The molecule has 0 aromatic rings. The molecule has 1 heterocycles. The summed E-state index contributed by atoms with van der Waals surface area (Å²) in [5.74, 6) is -3.67. The van der Waals surface area contributed by atoms with E-state index in [4.69, 9.17) is 0 Å². The number of thioether (sulfide) groups is 1. The summed E-state index contributed by atoms with van der Waals surface area (Å²) in [5, 5.41) is 3.93. The Hall–Kier alpha value is -1.43. The highest BCUT2D eigenvalue weighted by atomic mass is 32.2. The average Bonchev–Trinajstić information content (AvgIpc) is 3.02. The zero-order valence-corrected chi connectivity index (χ0v) is 20.4. The summed E-state index contributed by atoms with van der Waals surface area (Å²) in [7, 11) is 0. The molecule has 0 aromatic heterocycles. The topological polar surface area (TPSA) is 95.6 Å². The first-order chi connectivity index (χ1) is 14.6. The molecule has 12 heteroatoms. The maximum atomic E-state index is 13.2. The standard InChI is InChI=1S/C20H30F3N3O4S2/c1-9(2)13(25-18(30)20(21,22)23)16(28)26-8-10-12(19(10,3)4)14(26)15(27)24-11(17(29)31)6-7-32-5/h9-14H,6-8H2,1-5H3,(H,24,27)(H,25,30)(H,29,31)/t10-,11-,12-,13-,14-/m0/s1. The number of rotatable bonds is 9. The monoisotopic (exact) mass is 497 g/mol. The number of alkyl halides is 3. The largest absolute Gasteiger partial charge is 0.471 e. The number of thiol groups is 1. The van der Waals surface area contributed by atoms with E-state index in [9.17, 15) is 32.3 Å². The third-order valence-corrected chi connectivity index (χ3v) is 7.42. The van der Waals surface area contributed by atoms with Crippen molar-refractivity contribution in [2.45, 2.75) is 58.4 Å². The van der Waals surface area contributed by atoms with Crippen LogP contribution in [0.1, 0.15) is 34.1 Å². The number of halogens is 3. The highest BCUT2D eigenvalue weighted by molar-refractivity contribution is 7.98. The Kier molecular flexibility index (Phi) is 8.23. The summed E-state index contributed by atoms with van der Waals surface area (Å²) in [6, 6.07) is -3.20.